The van der Waals surface area contributed by atoms with Crippen LogP contribution in [0.4, 0.5) is 0 Å². The highest BCUT2D eigenvalue weighted by Gasteiger charge is 2.39. The van der Waals surface area contributed by atoms with Gasteiger partial charge < -0.3 is 15.5 Å². The molecule has 4 atom stereocenters. The molecule has 0 aromatic heterocycles. The molecule has 212 valence electrons. The van der Waals surface area contributed by atoms with Crippen molar-refractivity contribution in [1.29, 1.82) is 0 Å². The number of amides is 5. The van der Waals surface area contributed by atoms with Gasteiger partial charge in [0.1, 0.15) is 12.1 Å². The number of unbranched alkanes of at least 4 members (excludes halogenated alkanes) is 1. The molecule has 3 unspecified atom stereocenters. The SMILES string of the molecule is CNC(=O)C(c1ccccc1)N1CC[C@H](C)CC(NC(=O)C(Br)CCCCN2C(=O)c3ccccc3C2=O)C1=O. The standard InChI is InChI=1S/C30H35BrN4O5/c1-19-15-17-34(25(27(37)32-2)20-10-4-3-5-11-20)30(40)24(18-19)33-26(36)23(31)14-8-9-16-35-28(38)21-12-6-7-13-22(21)29(35)39/h3-7,10-13,19,23-25H,8-9,14-18H2,1-2H3,(H,32,37)(H,33,36)/t19-,23?,24?,25?/m0/s1. The van der Waals surface area contributed by atoms with Gasteiger partial charge in [-0.25, -0.2) is 0 Å². The van der Waals surface area contributed by atoms with Gasteiger partial charge in [-0.1, -0.05) is 71.7 Å². The lowest BCUT2D eigenvalue weighted by Crippen LogP contribution is -2.52. The summed E-state index contributed by atoms with van der Waals surface area (Å²) in [6.07, 6.45) is 2.83. The number of hydrogen-bond donors (Lipinski definition) is 2. The first kappa shape index (κ1) is 29.5. The molecule has 0 spiro atoms. The summed E-state index contributed by atoms with van der Waals surface area (Å²) in [6.45, 7) is 2.73. The van der Waals surface area contributed by atoms with Crippen LogP contribution in [0.15, 0.2) is 54.6 Å². The Hall–Kier alpha value is -3.53. The van der Waals surface area contributed by atoms with Crippen molar-refractivity contribution in [1.82, 2.24) is 20.4 Å². The molecule has 1 fully saturated rings. The zero-order valence-electron chi connectivity index (χ0n) is 22.8. The summed E-state index contributed by atoms with van der Waals surface area (Å²) < 4.78 is 0. The Labute approximate surface area is 242 Å². The fourth-order valence-electron chi connectivity index (χ4n) is 5.34. The predicted molar refractivity (Wildman–Crippen MR) is 154 cm³/mol. The largest absolute Gasteiger partial charge is 0.357 e. The molecule has 0 radical (unpaired) electrons. The van der Waals surface area contributed by atoms with E-state index in [1.807, 2.05) is 37.3 Å². The monoisotopic (exact) mass is 610 g/mol. The maximum Gasteiger partial charge on any atom is 0.261 e. The Balaban J connectivity index is 1.34. The lowest BCUT2D eigenvalue weighted by atomic mass is 10.00. The smallest absolute Gasteiger partial charge is 0.261 e. The second-order valence-electron chi connectivity index (χ2n) is 10.4. The van der Waals surface area contributed by atoms with Crippen molar-refractivity contribution in [2.45, 2.75) is 55.9 Å². The highest BCUT2D eigenvalue weighted by molar-refractivity contribution is 9.10. The molecule has 2 aliphatic rings. The average Bonchev–Trinajstić information content (AvgIpc) is 3.12. The third-order valence-electron chi connectivity index (χ3n) is 7.57. The highest BCUT2D eigenvalue weighted by atomic mass is 79.9. The molecule has 2 aromatic carbocycles. The molecule has 2 aliphatic heterocycles. The minimum Gasteiger partial charge on any atom is -0.357 e. The Kier molecular flexibility index (Phi) is 9.73. The van der Waals surface area contributed by atoms with E-state index in [1.54, 1.807) is 36.2 Å². The third-order valence-corrected chi connectivity index (χ3v) is 8.45. The fraction of sp³-hybridized carbons (Fsp3) is 0.433. The van der Waals surface area contributed by atoms with Crippen molar-refractivity contribution in [3.8, 4) is 0 Å². The van der Waals surface area contributed by atoms with E-state index in [9.17, 15) is 24.0 Å². The van der Waals surface area contributed by atoms with Gasteiger partial charge in [0.2, 0.25) is 17.7 Å². The van der Waals surface area contributed by atoms with Gasteiger partial charge in [0.05, 0.1) is 16.0 Å². The van der Waals surface area contributed by atoms with Crippen molar-refractivity contribution in [2.24, 2.45) is 5.92 Å². The van der Waals surface area contributed by atoms with E-state index < -0.39 is 16.9 Å². The van der Waals surface area contributed by atoms with E-state index in [0.29, 0.717) is 55.3 Å². The van der Waals surface area contributed by atoms with Gasteiger partial charge in [-0.15, -0.1) is 0 Å². The number of rotatable bonds is 10. The van der Waals surface area contributed by atoms with Crippen LogP contribution in [0.25, 0.3) is 0 Å². The Bertz CT molecular complexity index is 1230. The van der Waals surface area contributed by atoms with E-state index in [2.05, 4.69) is 26.6 Å². The maximum atomic E-state index is 13.7. The van der Waals surface area contributed by atoms with Crippen LogP contribution in [0.1, 0.15) is 71.3 Å². The average molecular weight is 612 g/mol. The number of hydrogen-bond acceptors (Lipinski definition) is 5. The molecule has 9 nitrogen and oxygen atoms in total. The van der Waals surface area contributed by atoms with Crippen LogP contribution < -0.4 is 10.6 Å². The van der Waals surface area contributed by atoms with Crippen LogP contribution in [0.5, 0.6) is 0 Å². The second kappa shape index (κ2) is 13.2. The zero-order chi connectivity index (χ0) is 28.8. The predicted octanol–water partition coefficient (Wildman–Crippen LogP) is 3.45. The summed E-state index contributed by atoms with van der Waals surface area (Å²) in [7, 11) is 1.55. The van der Waals surface area contributed by atoms with Gasteiger partial charge in [-0.05, 0) is 49.3 Å². The van der Waals surface area contributed by atoms with Crippen molar-refractivity contribution in [2.75, 3.05) is 20.1 Å². The molecule has 1 saturated heterocycles. The van der Waals surface area contributed by atoms with E-state index in [1.165, 1.54) is 4.90 Å². The molecule has 2 heterocycles. The van der Waals surface area contributed by atoms with Gasteiger partial charge in [0.15, 0.2) is 0 Å². The summed E-state index contributed by atoms with van der Waals surface area (Å²) in [4.78, 5) is 67.1. The minimum absolute atomic E-state index is 0.175. The number of alkyl halides is 1. The number of likely N-dealkylation sites (tertiary alicyclic amines) is 1. The number of imide groups is 1. The van der Waals surface area contributed by atoms with E-state index in [-0.39, 0.29) is 42.0 Å². The van der Waals surface area contributed by atoms with Gasteiger partial charge in [-0.3, -0.25) is 28.9 Å². The fourth-order valence-corrected chi connectivity index (χ4v) is 5.80. The van der Waals surface area contributed by atoms with E-state index in [0.717, 1.165) is 0 Å². The summed E-state index contributed by atoms with van der Waals surface area (Å²) in [5.74, 6) is -1.26. The van der Waals surface area contributed by atoms with Crippen LogP contribution in [-0.2, 0) is 14.4 Å². The number of likely N-dealkylation sites (N-methyl/N-ethyl adjacent to an activating group) is 1. The first-order valence-electron chi connectivity index (χ1n) is 13.7. The van der Waals surface area contributed by atoms with E-state index in [4.69, 9.17) is 0 Å². The Morgan fingerprint density at radius 1 is 0.950 bits per heavy atom. The molecule has 4 rings (SSSR count). The summed E-state index contributed by atoms with van der Waals surface area (Å²) in [6, 6.07) is 14.4. The first-order valence-corrected chi connectivity index (χ1v) is 14.6. The minimum atomic E-state index is -0.787. The number of nitrogens with zero attached hydrogens (tertiary/aromatic N) is 2. The van der Waals surface area contributed by atoms with Crippen LogP contribution in [0.2, 0.25) is 0 Å². The van der Waals surface area contributed by atoms with E-state index >= 15 is 0 Å². The number of fused-ring (bicyclic) bond motifs is 1. The zero-order valence-corrected chi connectivity index (χ0v) is 24.4. The number of carbonyl (C=O) groups excluding carboxylic acids is 5. The molecule has 0 saturated carbocycles. The van der Waals surface area contributed by atoms with Crippen LogP contribution in [0.3, 0.4) is 0 Å². The molecular formula is C30H35BrN4O5. The Morgan fingerprint density at radius 2 is 1.57 bits per heavy atom. The maximum absolute atomic E-state index is 13.7. The molecule has 2 aromatic rings. The molecule has 5 amide bonds. The molecule has 0 aliphatic carbocycles. The number of halogens is 1. The quantitative estimate of drug-likeness (QED) is 0.243. The second-order valence-corrected chi connectivity index (χ2v) is 11.5. The summed E-state index contributed by atoms with van der Waals surface area (Å²) in [5, 5.41) is 5.59. The molecular weight excluding hydrogens is 576 g/mol. The Morgan fingerprint density at radius 3 is 2.20 bits per heavy atom. The first-order chi connectivity index (χ1) is 19.2. The van der Waals surface area contributed by atoms with Gasteiger partial charge >= 0.3 is 0 Å². The normalized spacial score (nSPS) is 20.5. The van der Waals surface area contributed by atoms with Crippen LogP contribution in [-0.4, -0.2) is 70.3 Å². The third kappa shape index (κ3) is 6.43. The molecule has 10 heteroatoms. The van der Waals surface area contributed by atoms with Crippen molar-refractivity contribution >= 4 is 45.5 Å². The molecule has 2 N–H and O–H groups in total. The molecule has 0 bridgehead atoms. The van der Waals surface area contributed by atoms with Gasteiger partial charge in [0, 0.05) is 20.1 Å². The lowest BCUT2D eigenvalue weighted by molar-refractivity contribution is -0.142. The summed E-state index contributed by atoms with van der Waals surface area (Å²) in [5.41, 5.74) is 1.56. The van der Waals surface area contributed by atoms with Gasteiger partial charge in [-0.2, -0.15) is 0 Å². The molecule has 40 heavy (non-hydrogen) atoms. The van der Waals surface area contributed by atoms with Gasteiger partial charge in [0.25, 0.3) is 11.8 Å². The van der Waals surface area contributed by atoms with Crippen LogP contribution in [0, 0.1) is 5.92 Å². The van der Waals surface area contributed by atoms with Crippen LogP contribution >= 0.6 is 15.9 Å². The van der Waals surface area contributed by atoms with Crippen molar-refractivity contribution < 1.29 is 24.0 Å². The highest BCUT2D eigenvalue weighted by Crippen LogP contribution is 2.28. The number of benzene rings is 2. The topological polar surface area (TPSA) is 116 Å². The lowest BCUT2D eigenvalue weighted by Gasteiger charge is -2.32. The number of nitrogens with one attached hydrogen (secondary N) is 2. The van der Waals surface area contributed by atoms with Crippen molar-refractivity contribution in [3.05, 3.63) is 71.3 Å². The summed E-state index contributed by atoms with van der Waals surface area (Å²) >= 11 is 3.45. The van der Waals surface area contributed by atoms with Crippen molar-refractivity contribution in [3.63, 3.8) is 0 Å². The number of carbonyl (C=O) groups is 5.